The van der Waals surface area contributed by atoms with Crippen molar-refractivity contribution in [2.75, 3.05) is 20.6 Å². The second-order valence-corrected chi connectivity index (χ2v) is 8.43. The number of aromatic nitrogens is 2. The van der Waals surface area contributed by atoms with Crippen LogP contribution in [0.1, 0.15) is 32.7 Å². The normalized spacial score (nSPS) is 12.2. The molecule has 30 heavy (non-hydrogen) atoms. The largest absolute Gasteiger partial charge is 0.346 e. The number of nitrogens with one attached hydrogen (secondary N) is 2. The molecule has 2 N–H and O–H groups in total. The number of amides is 1. The van der Waals surface area contributed by atoms with Gasteiger partial charge < -0.3 is 10.2 Å². The Labute approximate surface area is 183 Å². The molecule has 0 aliphatic heterocycles. The summed E-state index contributed by atoms with van der Waals surface area (Å²) in [5.74, 6) is -0.174. The van der Waals surface area contributed by atoms with Crippen molar-refractivity contribution in [1.29, 1.82) is 0 Å². The highest BCUT2D eigenvalue weighted by molar-refractivity contribution is 6.33. The van der Waals surface area contributed by atoms with Crippen molar-refractivity contribution in [3.63, 3.8) is 0 Å². The molecule has 0 aliphatic rings. The molecule has 3 rings (SSSR count). The lowest BCUT2D eigenvalue weighted by atomic mass is 10.1. The fourth-order valence-corrected chi connectivity index (χ4v) is 3.79. The van der Waals surface area contributed by atoms with Crippen LogP contribution in [-0.4, -0.2) is 42.4 Å². The summed E-state index contributed by atoms with van der Waals surface area (Å²) in [6, 6.07) is 18.8. The maximum absolute atomic E-state index is 12.9. The van der Waals surface area contributed by atoms with E-state index in [1.165, 1.54) is 16.0 Å². The minimum Gasteiger partial charge on any atom is -0.346 e. The van der Waals surface area contributed by atoms with Crippen LogP contribution in [0.2, 0.25) is 5.15 Å². The molecule has 2 aromatic carbocycles. The number of likely N-dealkylation sites (N-methyl/N-ethyl adjacent to an activating group) is 1. The number of quaternary nitrogens is 1. The number of benzene rings is 2. The smallest absolute Gasteiger partial charge is 0.256 e. The number of hydrogen-bond donors (Lipinski definition) is 2. The number of carbonyl (C=O) groups is 1. The molecule has 0 saturated heterocycles. The third-order valence-corrected chi connectivity index (χ3v) is 5.78. The van der Waals surface area contributed by atoms with Crippen molar-refractivity contribution in [2.45, 2.75) is 32.9 Å². The average molecular weight is 426 g/mol. The molecule has 1 heterocycles. The number of aryl methyl sites for hydroxylation is 2. The summed E-state index contributed by atoms with van der Waals surface area (Å²) in [6.45, 7) is 4.98. The van der Waals surface area contributed by atoms with Gasteiger partial charge in [-0.25, -0.2) is 4.68 Å². The quantitative estimate of drug-likeness (QED) is 0.583. The first kappa shape index (κ1) is 22.1. The Balaban J connectivity index is 1.68. The van der Waals surface area contributed by atoms with Crippen LogP contribution in [0.15, 0.2) is 54.6 Å². The fourth-order valence-electron chi connectivity index (χ4n) is 3.47. The lowest BCUT2D eigenvalue weighted by Gasteiger charge is -2.22. The first-order valence-electron chi connectivity index (χ1n) is 10.3. The molecule has 0 spiro atoms. The highest BCUT2D eigenvalue weighted by Crippen LogP contribution is 2.21. The van der Waals surface area contributed by atoms with Crippen LogP contribution >= 0.6 is 11.6 Å². The van der Waals surface area contributed by atoms with Crippen LogP contribution in [0.5, 0.6) is 0 Å². The fraction of sp³-hybridized carbons (Fsp3) is 0.333. The van der Waals surface area contributed by atoms with Gasteiger partial charge in [0.05, 0.1) is 38.4 Å². The van der Waals surface area contributed by atoms with Gasteiger partial charge in [-0.1, -0.05) is 71.8 Å². The van der Waals surface area contributed by atoms with Gasteiger partial charge in [0, 0.05) is 6.42 Å². The standard InChI is InChI=1S/C24H29ClN4O/c1-17-10-12-20(13-11-17)16-29-23(25)22(18(2)27-29)24(30)26-15-21(28(3)4)14-19-8-6-5-7-9-19/h5-13,21H,14-16H2,1-4H3,(H,26,30)/p+1/t21-/m1/s1. The molecule has 1 aromatic heterocycles. The number of carbonyl (C=O) groups excluding carboxylic acids is 1. The van der Waals surface area contributed by atoms with E-state index in [2.05, 4.69) is 67.8 Å². The van der Waals surface area contributed by atoms with E-state index in [-0.39, 0.29) is 11.9 Å². The Kier molecular flexibility index (Phi) is 7.29. The highest BCUT2D eigenvalue weighted by atomic mass is 35.5. The third kappa shape index (κ3) is 5.49. The molecular weight excluding hydrogens is 396 g/mol. The summed E-state index contributed by atoms with van der Waals surface area (Å²) >= 11 is 6.55. The minimum atomic E-state index is -0.174. The van der Waals surface area contributed by atoms with E-state index in [0.717, 1.165) is 12.0 Å². The van der Waals surface area contributed by atoms with E-state index >= 15 is 0 Å². The van der Waals surface area contributed by atoms with Crippen molar-refractivity contribution in [1.82, 2.24) is 15.1 Å². The van der Waals surface area contributed by atoms with Gasteiger partial charge in [-0.05, 0) is 25.0 Å². The van der Waals surface area contributed by atoms with Crippen LogP contribution in [0.3, 0.4) is 0 Å². The lowest BCUT2D eigenvalue weighted by Crippen LogP contribution is -3.11. The predicted molar refractivity (Wildman–Crippen MR) is 121 cm³/mol. The average Bonchev–Trinajstić information content (AvgIpc) is 3.00. The molecule has 0 unspecified atom stereocenters. The zero-order valence-corrected chi connectivity index (χ0v) is 18.8. The zero-order valence-electron chi connectivity index (χ0n) is 18.1. The molecule has 5 nitrogen and oxygen atoms in total. The number of nitrogens with zero attached hydrogens (tertiary/aromatic N) is 2. The van der Waals surface area contributed by atoms with Gasteiger partial charge in [-0.3, -0.25) is 4.79 Å². The molecule has 158 valence electrons. The maximum Gasteiger partial charge on any atom is 0.256 e. The summed E-state index contributed by atoms with van der Waals surface area (Å²) in [6.07, 6.45) is 0.892. The molecule has 1 amide bonds. The maximum atomic E-state index is 12.9. The first-order valence-corrected chi connectivity index (χ1v) is 10.6. The molecule has 0 fully saturated rings. The van der Waals surface area contributed by atoms with Crippen molar-refractivity contribution in [3.8, 4) is 0 Å². The van der Waals surface area contributed by atoms with Gasteiger partial charge in [-0.2, -0.15) is 5.10 Å². The summed E-state index contributed by atoms with van der Waals surface area (Å²) < 4.78 is 1.69. The van der Waals surface area contributed by atoms with E-state index in [1.807, 2.05) is 25.1 Å². The molecule has 1 atom stereocenters. The molecule has 0 aliphatic carbocycles. The Morgan fingerprint density at radius 1 is 1.07 bits per heavy atom. The van der Waals surface area contributed by atoms with Crippen molar-refractivity contribution < 1.29 is 9.69 Å². The zero-order chi connectivity index (χ0) is 21.7. The van der Waals surface area contributed by atoms with Gasteiger partial charge in [0.25, 0.3) is 5.91 Å². The molecule has 0 radical (unpaired) electrons. The Morgan fingerprint density at radius 2 is 1.73 bits per heavy atom. The monoisotopic (exact) mass is 425 g/mol. The Morgan fingerprint density at radius 3 is 2.37 bits per heavy atom. The van der Waals surface area contributed by atoms with Crippen molar-refractivity contribution in [2.24, 2.45) is 0 Å². The Bertz CT molecular complexity index is 980. The number of rotatable bonds is 8. The van der Waals surface area contributed by atoms with Gasteiger partial charge >= 0.3 is 0 Å². The van der Waals surface area contributed by atoms with E-state index in [9.17, 15) is 4.79 Å². The van der Waals surface area contributed by atoms with Crippen LogP contribution < -0.4 is 10.2 Å². The molecule has 3 aromatic rings. The molecule has 6 heteroatoms. The summed E-state index contributed by atoms with van der Waals surface area (Å²) in [5.41, 5.74) is 4.65. The van der Waals surface area contributed by atoms with E-state index in [1.54, 1.807) is 4.68 Å². The SMILES string of the molecule is Cc1ccc(Cn2nc(C)c(C(=O)NC[C@@H](Cc3ccccc3)[NH+](C)C)c2Cl)cc1. The lowest BCUT2D eigenvalue weighted by molar-refractivity contribution is -0.884. The van der Waals surface area contributed by atoms with Crippen molar-refractivity contribution in [3.05, 3.63) is 87.7 Å². The van der Waals surface area contributed by atoms with Gasteiger partial charge in [0.15, 0.2) is 0 Å². The highest BCUT2D eigenvalue weighted by Gasteiger charge is 2.23. The van der Waals surface area contributed by atoms with Gasteiger partial charge in [0.2, 0.25) is 0 Å². The number of halogens is 1. The Hall–Kier alpha value is -2.63. The van der Waals surface area contributed by atoms with Crippen LogP contribution in [0.25, 0.3) is 0 Å². The molecular formula is C24H30ClN4O+. The van der Waals surface area contributed by atoms with E-state index < -0.39 is 0 Å². The molecule has 0 bridgehead atoms. The third-order valence-electron chi connectivity index (χ3n) is 5.40. The second kappa shape index (κ2) is 9.92. The van der Waals surface area contributed by atoms with E-state index in [4.69, 9.17) is 11.6 Å². The summed E-state index contributed by atoms with van der Waals surface area (Å²) in [7, 11) is 4.22. The molecule has 0 saturated carbocycles. The minimum absolute atomic E-state index is 0.174. The predicted octanol–water partition coefficient (Wildman–Crippen LogP) is 2.69. The van der Waals surface area contributed by atoms with Gasteiger partial charge in [0.1, 0.15) is 11.2 Å². The summed E-state index contributed by atoms with van der Waals surface area (Å²) in [5, 5.41) is 7.94. The van der Waals surface area contributed by atoms with Crippen LogP contribution in [-0.2, 0) is 13.0 Å². The van der Waals surface area contributed by atoms with Gasteiger partial charge in [-0.15, -0.1) is 0 Å². The second-order valence-electron chi connectivity index (χ2n) is 8.07. The van der Waals surface area contributed by atoms with Crippen molar-refractivity contribution >= 4 is 17.5 Å². The number of hydrogen-bond acceptors (Lipinski definition) is 2. The van der Waals surface area contributed by atoms with E-state index in [0.29, 0.717) is 29.5 Å². The van der Waals surface area contributed by atoms with Crippen LogP contribution in [0.4, 0.5) is 0 Å². The van der Waals surface area contributed by atoms with Crippen LogP contribution in [0, 0.1) is 13.8 Å². The topological polar surface area (TPSA) is 51.4 Å². The summed E-state index contributed by atoms with van der Waals surface area (Å²) in [4.78, 5) is 14.2. The first-order chi connectivity index (χ1) is 14.3.